The molecule has 1 heterocycles. The molecule has 0 unspecified atom stereocenters. The minimum Gasteiger partial charge on any atom is -0.406 e. The highest BCUT2D eigenvalue weighted by atomic mass is 19.2. The van der Waals surface area contributed by atoms with E-state index in [2.05, 4.69) is 20.8 Å². The van der Waals surface area contributed by atoms with Crippen LogP contribution in [-0.4, -0.2) is 17.2 Å². The summed E-state index contributed by atoms with van der Waals surface area (Å²) in [5, 5.41) is 12.5. The molecule has 0 spiro atoms. The van der Waals surface area contributed by atoms with Crippen molar-refractivity contribution in [2.24, 2.45) is 0 Å². The van der Waals surface area contributed by atoms with Crippen LogP contribution in [0.3, 0.4) is 0 Å². The summed E-state index contributed by atoms with van der Waals surface area (Å²) >= 11 is 0. The summed E-state index contributed by atoms with van der Waals surface area (Å²) < 4.78 is 43.7. The van der Waals surface area contributed by atoms with Gasteiger partial charge in [0.1, 0.15) is 0 Å². The summed E-state index contributed by atoms with van der Waals surface area (Å²) in [5.74, 6) is -3.81. The van der Waals surface area contributed by atoms with Crippen LogP contribution < -0.4 is 10.6 Å². The largest absolute Gasteiger partial charge is 0.406 e. The van der Waals surface area contributed by atoms with Crippen LogP contribution in [0.4, 0.5) is 24.9 Å². The Morgan fingerprint density at radius 1 is 1.17 bits per heavy atom. The summed E-state index contributed by atoms with van der Waals surface area (Å²) in [6, 6.07) is 1.55. The fourth-order valence-corrected chi connectivity index (χ4v) is 1.28. The number of benzene rings is 1. The minimum absolute atomic E-state index is 0.0222. The summed E-state index contributed by atoms with van der Waals surface area (Å²) in [6.45, 7) is 0.362. The molecule has 96 valence electrons. The van der Waals surface area contributed by atoms with Gasteiger partial charge in [-0.15, -0.1) is 5.10 Å². The molecule has 0 aliphatic rings. The highest BCUT2D eigenvalue weighted by molar-refractivity contribution is 5.52. The number of hydrogen-bond acceptors (Lipinski definition) is 5. The predicted molar refractivity (Wildman–Crippen MR) is 56.7 cm³/mol. The van der Waals surface area contributed by atoms with E-state index in [9.17, 15) is 13.2 Å². The fraction of sp³-hybridized carbons (Fsp3) is 0.200. The van der Waals surface area contributed by atoms with Crippen molar-refractivity contribution >= 4 is 11.7 Å². The molecule has 2 rings (SSSR count). The number of halogens is 3. The van der Waals surface area contributed by atoms with Crippen LogP contribution in [0.1, 0.15) is 5.89 Å². The van der Waals surface area contributed by atoms with Gasteiger partial charge >= 0.3 is 6.01 Å². The highest BCUT2D eigenvalue weighted by Crippen LogP contribution is 2.20. The second-order valence-corrected chi connectivity index (χ2v) is 3.41. The Morgan fingerprint density at radius 3 is 2.44 bits per heavy atom. The van der Waals surface area contributed by atoms with Crippen LogP contribution in [0.2, 0.25) is 0 Å². The van der Waals surface area contributed by atoms with Gasteiger partial charge in [-0.25, -0.2) is 13.2 Å². The van der Waals surface area contributed by atoms with E-state index in [1.807, 2.05) is 0 Å². The van der Waals surface area contributed by atoms with Gasteiger partial charge in [-0.3, -0.25) is 0 Å². The van der Waals surface area contributed by atoms with Crippen molar-refractivity contribution < 1.29 is 17.6 Å². The number of rotatable bonds is 4. The van der Waals surface area contributed by atoms with E-state index in [-0.39, 0.29) is 11.7 Å². The molecule has 0 bridgehead atoms. The maximum Gasteiger partial charge on any atom is 0.320 e. The smallest absolute Gasteiger partial charge is 0.320 e. The lowest BCUT2D eigenvalue weighted by Gasteiger charge is -2.02. The van der Waals surface area contributed by atoms with Gasteiger partial charge in [0.25, 0.3) is 0 Å². The van der Waals surface area contributed by atoms with Crippen molar-refractivity contribution in [2.75, 3.05) is 12.4 Å². The molecule has 0 saturated carbocycles. The average molecular weight is 258 g/mol. The Balaban J connectivity index is 2.17. The Hall–Kier alpha value is -2.09. The molecule has 0 aliphatic heterocycles. The zero-order valence-electron chi connectivity index (χ0n) is 9.30. The van der Waals surface area contributed by atoms with Crippen molar-refractivity contribution in [1.29, 1.82) is 0 Å². The molecule has 1 aromatic heterocycles. The maximum absolute atomic E-state index is 12.9. The van der Waals surface area contributed by atoms with Crippen molar-refractivity contribution in [3.8, 4) is 0 Å². The van der Waals surface area contributed by atoms with Crippen LogP contribution in [0, 0.1) is 17.5 Å². The van der Waals surface area contributed by atoms with Crippen LogP contribution in [0.5, 0.6) is 0 Å². The topological polar surface area (TPSA) is 63.0 Å². The van der Waals surface area contributed by atoms with Gasteiger partial charge in [0.2, 0.25) is 5.89 Å². The second-order valence-electron chi connectivity index (χ2n) is 3.41. The third-order valence-electron chi connectivity index (χ3n) is 2.03. The molecule has 0 amide bonds. The Kier molecular flexibility index (Phi) is 3.47. The summed E-state index contributed by atoms with van der Waals surface area (Å²) in [4.78, 5) is 0. The molecule has 0 fully saturated rings. The minimum atomic E-state index is -1.53. The van der Waals surface area contributed by atoms with Crippen LogP contribution in [0.25, 0.3) is 0 Å². The average Bonchev–Trinajstić information content (AvgIpc) is 2.74. The SMILES string of the molecule is CNCc1nnc(Nc2cc(F)c(F)c(F)c2)o1. The number of nitrogens with zero attached hydrogens (tertiary/aromatic N) is 2. The molecule has 0 radical (unpaired) electrons. The Bertz CT molecular complexity index is 535. The Labute approximate surface area is 100 Å². The van der Waals surface area contributed by atoms with Crippen molar-refractivity contribution in [1.82, 2.24) is 15.5 Å². The zero-order valence-corrected chi connectivity index (χ0v) is 9.30. The summed E-state index contributed by atoms with van der Waals surface area (Å²) in [6.07, 6.45) is 0. The maximum atomic E-state index is 12.9. The molecule has 5 nitrogen and oxygen atoms in total. The van der Waals surface area contributed by atoms with E-state index < -0.39 is 17.5 Å². The quantitative estimate of drug-likeness (QED) is 0.821. The van der Waals surface area contributed by atoms with Gasteiger partial charge in [0.05, 0.1) is 6.54 Å². The van der Waals surface area contributed by atoms with Gasteiger partial charge in [0.15, 0.2) is 17.5 Å². The van der Waals surface area contributed by atoms with E-state index in [1.54, 1.807) is 7.05 Å². The van der Waals surface area contributed by atoms with Gasteiger partial charge < -0.3 is 15.1 Å². The molecular formula is C10H9F3N4O. The van der Waals surface area contributed by atoms with Gasteiger partial charge in [0, 0.05) is 17.8 Å². The molecule has 0 atom stereocenters. The summed E-state index contributed by atoms with van der Waals surface area (Å²) in [5.41, 5.74) is -0.0222. The number of hydrogen-bond donors (Lipinski definition) is 2. The first-order valence-corrected chi connectivity index (χ1v) is 4.98. The van der Waals surface area contributed by atoms with Crippen LogP contribution in [0.15, 0.2) is 16.5 Å². The molecular weight excluding hydrogens is 249 g/mol. The molecule has 18 heavy (non-hydrogen) atoms. The van der Waals surface area contributed by atoms with Crippen LogP contribution in [-0.2, 0) is 6.54 Å². The molecule has 1 aromatic carbocycles. The van der Waals surface area contributed by atoms with Gasteiger partial charge in [-0.2, -0.15) is 0 Å². The van der Waals surface area contributed by atoms with E-state index in [4.69, 9.17) is 4.42 Å². The Morgan fingerprint density at radius 2 is 1.83 bits per heavy atom. The number of aromatic nitrogens is 2. The molecule has 0 saturated heterocycles. The van der Waals surface area contributed by atoms with E-state index in [1.165, 1.54) is 0 Å². The third-order valence-corrected chi connectivity index (χ3v) is 2.03. The highest BCUT2D eigenvalue weighted by Gasteiger charge is 2.12. The molecule has 8 heteroatoms. The van der Waals surface area contributed by atoms with Crippen LogP contribution >= 0.6 is 0 Å². The lowest BCUT2D eigenvalue weighted by Crippen LogP contribution is -2.04. The fourth-order valence-electron chi connectivity index (χ4n) is 1.28. The first-order valence-electron chi connectivity index (χ1n) is 4.98. The first-order chi connectivity index (χ1) is 8.60. The first kappa shape index (κ1) is 12.4. The zero-order chi connectivity index (χ0) is 13.1. The standard InChI is InChI=1S/C10H9F3N4O/c1-14-4-8-16-17-10(18-8)15-5-2-6(11)9(13)7(12)3-5/h2-3,14H,4H2,1H3,(H,15,17). The van der Waals surface area contributed by atoms with E-state index >= 15 is 0 Å². The molecule has 2 N–H and O–H groups in total. The molecule has 0 aliphatic carbocycles. The number of nitrogens with one attached hydrogen (secondary N) is 2. The van der Waals surface area contributed by atoms with Gasteiger partial charge in [-0.05, 0) is 7.05 Å². The van der Waals surface area contributed by atoms with Crippen molar-refractivity contribution in [3.05, 3.63) is 35.5 Å². The lowest BCUT2D eigenvalue weighted by atomic mass is 10.3. The van der Waals surface area contributed by atoms with E-state index in [0.717, 1.165) is 12.1 Å². The third kappa shape index (κ3) is 2.59. The molecule has 2 aromatic rings. The lowest BCUT2D eigenvalue weighted by molar-refractivity contribution is 0.447. The number of anilines is 2. The second kappa shape index (κ2) is 5.05. The van der Waals surface area contributed by atoms with Gasteiger partial charge in [-0.1, -0.05) is 5.10 Å². The van der Waals surface area contributed by atoms with E-state index in [0.29, 0.717) is 12.4 Å². The normalized spacial score (nSPS) is 10.7. The monoisotopic (exact) mass is 258 g/mol. The summed E-state index contributed by atoms with van der Waals surface area (Å²) in [7, 11) is 1.70. The van der Waals surface area contributed by atoms with Crippen molar-refractivity contribution in [3.63, 3.8) is 0 Å². The van der Waals surface area contributed by atoms with Crippen molar-refractivity contribution in [2.45, 2.75) is 6.54 Å². The predicted octanol–water partition coefficient (Wildman–Crippen LogP) is 1.95.